The van der Waals surface area contributed by atoms with Crippen LogP contribution in [0.3, 0.4) is 0 Å². The third kappa shape index (κ3) is 2.18. The predicted molar refractivity (Wildman–Crippen MR) is 77.0 cm³/mol. The van der Waals surface area contributed by atoms with Crippen LogP contribution in [-0.2, 0) is 0 Å². The molecule has 0 saturated carbocycles. The van der Waals surface area contributed by atoms with Crippen molar-refractivity contribution >= 4 is 48.9 Å². The highest BCUT2D eigenvalue weighted by Gasteiger charge is 2.03. The fraction of sp³-hybridized carbons (Fsp3) is 0. The quantitative estimate of drug-likeness (QED) is 0.735. The molecule has 0 spiro atoms. The minimum Gasteiger partial charge on any atom is -0.331 e. The number of aromatic nitrogens is 1. The Bertz CT molecular complexity index is 658. The van der Waals surface area contributed by atoms with Gasteiger partial charge in [0, 0.05) is 11.1 Å². The number of nitrogens with zero attached hydrogens (tertiary/aromatic N) is 1. The van der Waals surface area contributed by atoms with E-state index in [9.17, 15) is 0 Å². The molecule has 4 heteroatoms. The van der Waals surface area contributed by atoms with Gasteiger partial charge in [0.05, 0.1) is 9.98 Å². The molecule has 0 aliphatic rings. The van der Waals surface area contributed by atoms with Crippen LogP contribution in [0.25, 0.3) is 10.8 Å². The first-order valence-electron chi connectivity index (χ1n) is 5.19. The van der Waals surface area contributed by atoms with Crippen molar-refractivity contribution in [2.24, 2.45) is 0 Å². The van der Waals surface area contributed by atoms with Crippen molar-refractivity contribution in [3.8, 4) is 0 Å². The van der Waals surface area contributed by atoms with Crippen molar-refractivity contribution in [2.45, 2.75) is 0 Å². The van der Waals surface area contributed by atoms with Crippen molar-refractivity contribution in [1.29, 1.82) is 0 Å². The number of thiazole rings is 1. The van der Waals surface area contributed by atoms with Crippen LogP contribution < -0.4 is 5.32 Å². The summed E-state index contributed by atoms with van der Waals surface area (Å²) in [6.07, 6.45) is 1.80. The molecule has 3 rings (SSSR count). The lowest BCUT2D eigenvalue weighted by Crippen LogP contribution is -1.89. The second kappa shape index (κ2) is 4.47. The van der Waals surface area contributed by atoms with Gasteiger partial charge in [0.1, 0.15) is 0 Å². The Balaban J connectivity index is 2.05. The number of fused-ring (bicyclic) bond motifs is 1. The number of halogens is 1. The van der Waals surface area contributed by atoms with Crippen molar-refractivity contribution in [2.75, 3.05) is 5.32 Å². The van der Waals surface area contributed by atoms with Crippen LogP contribution in [0.2, 0.25) is 0 Å². The van der Waals surface area contributed by atoms with Gasteiger partial charge >= 0.3 is 0 Å². The molecule has 2 aromatic carbocycles. The molecule has 17 heavy (non-hydrogen) atoms. The fourth-order valence-electron chi connectivity index (χ4n) is 1.76. The second-order valence-electron chi connectivity index (χ2n) is 3.62. The summed E-state index contributed by atoms with van der Waals surface area (Å²) in [5.74, 6) is 0. The maximum atomic E-state index is 4.28. The molecule has 3 aromatic rings. The molecule has 0 unspecified atom stereocenters. The summed E-state index contributed by atoms with van der Waals surface area (Å²) >= 11 is 5.00. The molecule has 1 aromatic heterocycles. The van der Waals surface area contributed by atoms with E-state index in [1.54, 1.807) is 17.5 Å². The van der Waals surface area contributed by atoms with E-state index >= 15 is 0 Å². The summed E-state index contributed by atoms with van der Waals surface area (Å²) in [5.41, 5.74) is 1.09. The standard InChI is InChI=1S/C13H9BrN2S/c14-12-8-15-13(17-12)16-11-7-3-5-9-4-1-2-6-10(9)11/h1-8H,(H,15,16). The van der Waals surface area contributed by atoms with Crippen LogP contribution >= 0.6 is 27.3 Å². The summed E-state index contributed by atoms with van der Waals surface area (Å²) in [4.78, 5) is 4.28. The van der Waals surface area contributed by atoms with Gasteiger partial charge in [-0.2, -0.15) is 0 Å². The highest BCUT2D eigenvalue weighted by atomic mass is 79.9. The van der Waals surface area contributed by atoms with Crippen LogP contribution in [0.15, 0.2) is 52.4 Å². The molecule has 0 aliphatic heterocycles. The first-order chi connectivity index (χ1) is 8.33. The molecule has 0 aliphatic carbocycles. The number of anilines is 2. The van der Waals surface area contributed by atoms with Crippen LogP contribution in [0.5, 0.6) is 0 Å². The van der Waals surface area contributed by atoms with Crippen molar-refractivity contribution < 1.29 is 0 Å². The van der Waals surface area contributed by atoms with Gasteiger partial charge in [0.25, 0.3) is 0 Å². The Labute approximate surface area is 111 Å². The lowest BCUT2D eigenvalue weighted by molar-refractivity contribution is 1.39. The maximum absolute atomic E-state index is 4.28. The molecular weight excluding hydrogens is 296 g/mol. The highest BCUT2D eigenvalue weighted by Crippen LogP contribution is 2.30. The molecule has 0 saturated heterocycles. The Hall–Kier alpha value is -1.39. The van der Waals surface area contributed by atoms with Gasteiger partial charge in [-0.25, -0.2) is 4.98 Å². The van der Waals surface area contributed by atoms with Gasteiger partial charge in [0.15, 0.2) is 5.13 Å². The Morgan fingerprint density at radius 1 is 1.06 bits per heavy atom. The van der Waals surface area contributed by atoms with E-state index in [-0.39, 0.29) is 0 Å². The zero-order valence-electron chi connectivity index (χ0n) is 8.85. The van der Waals surface area contributed by atoms with E-state index in [0.29, 0.717) is 0 Å². The van der Waals surface area contributed by atoms with Gasteiger partial charge in [-0.3, -0.25) is 0 Å². The van der Waals surface area contributed by atoms with E-state index in [2.05, 4.69) is 50.5 Å². The highest BCUT2D eigenvalue weighted by molar-refractivity contribution is 9.11. The topological polar surface area (TPSA) is 24.9 Å². The molecule has 1 N–H and O–H groups in total. The molecule has 1 heterocycles. The van der Waals surface area contributed by atoms with Crippen LogP contribution in [-0.4, -0.2) is 4.98 Å². The summed E-state index contributed by atoms with van der Waals surface area (Å²) in [6.45, 7) is 0. The van der Waals surface area contributed by atoms with E-state index in [4.69, 9.17) is 0 Å². The van der Waals surface area contributed by atoms with E-state index in [1.165, 1.54) is 10.8 Å². The third-order valence-electron chi connectivity index (χ3n) is 2.51. The van der Waals surface area contributed by atoms with E-state index in [0.717, 1.165) is 14.6 Å². The largest absolute Gasteiger partial charge is 0.331 e. The van der Waals surface area contributed by atoms with Crippen LogP contribution in [0.4, 0.5) is 10.8 Å². The monoisotopic (exact) mass is 304 g/mol. The Morgan fingerprint density at radius 2 is 1.88 bits per heavy atom. The van der Waals surface area contributed by atoms with Crippen molar-refractivity contribution in [3.63, 3.8) is 0 Å². The van der Waals surface area contributed by atoms with Gasteiger partial charge in [-0.1, -0.05) is 47.7 Å². The van der Waals surface area contributed by atoms with Gasteiger partial charge in [-0.05, 0) is 27.4 Å². The Morgan fingerprint density at radius 3 is 2.71 bits per heavy atom. The van der Waals surface area contributed by atoms with Crippen molar-refractivity contribution in [1.82, 2.24) is 4.98 Å². The molecule has 0 fully saturated rings. The molecule has 2 nitrogen and oxygen atoms in total. The smallest absolute Gasteiger partial charge is 0.188 e. The summed E-state index contributed by atoms with van der Waals surface area (Å²) < 4.78 is 1.03. The summed E-state index contributed by atoms with van der Waals surface area (Å²) in [7, 11) is 0. The normalized spacial score (nSPS) is 10.6. The number of nitrogens with one attached hydrogen (secondary N) is 1. The fourth-order valence-corrected chi connectivity index (χ4v) is 2.88. The minimum absolute atomic E-state index is 0.897. The van der Waals surface area contributed by atoms with Gasteiger partial charge in [-0.15, -0.1) is 0 Å². The zero-order valence-corrected chi connectivity index (χ0v) is 11.3. The Kier molecular flexibility index (Phi) is 2.82. The lowest BCUT2D eigenvalue weighted by Gasteiger charge is -2.06. The first-order valence-corrected chi connectivity index (χ1v) is 6.80. The summed E-state index contributed by atoms with van der Waals surface area (Å²) in [5, 5.41) is 6.68. The molecule has 0 bridgehead atoms. The van der Waals surface area contributed by atoms with Gasteiger partial charge in [0.2, 0.25) is 0 Å². The SMILES string of the molecule is Brc1cnc(Nc2cccc3ccccc23)s1. The predicted octanol–water partition coefficient (Wildman–Crippen LogP) is 4.80. The van der Waals surface area contributed by atoms with E-state index in [1.807, 2.05) is 18.2 Å². The average Bonchev–Trinajstić information content (AvgIpc) is 2.75. The first kappa shape index (κ1) is 10.7. The van der Waals surface area contributed by atoms with E-state index < -0.39 is 0 Å². The second-order valence-corrected chi connectivity index (χ2v) is 6.03. The molecule has 0 atom stereocenters. The van der Waals surface area contributed by atoms with Crippen LogP contribution in [0.1, 0.15) is 0 Å². The van der Waals surface area contributed by atoms with Crippen LogP contribution in [0, 0.1) is 0 Å². The zero-order chi connectivity index (χ0) is 11.7. The number of benzene rings is 2. The molecular formula is C13H9BrN2S. The maximum Gasteiger partial charge on any atom is 0.188 e. The molecule has 0 radical (unpaired) electrons. The van der Waals surface area contributed by atoms with Gasteiger partial charge < -0.3 is 5.32 Å². The minimum atomic E-state index is 0.897. The lowest BCUT2D eigenvalue weighted by atomic mass is 10.1. The summed E-state index contributed by atoms with van der Waals surface area (Å²) in [6, 6.07) is 14.5. The van der Waals surface area contributed by atoms with Crippen molar-refractivity contribution in [3.05, 3.63) is 52.4 Å². The number of hydrogen-bond acceptors (Lipinski definition) is 3. The molecule has 84 valence electrons. The average molecular weight is 305 g/mol. The molecule has 0 amide bonds. The number of hydrogen-bond donors (Lipinski definition) is 1. The number of rotatable bonds is 2. The third-order valence-corrected chi connectivity index (χ3v) is 3.90.